The highest BCUT2D eigenvalue weighted by molar-refractivity contribution is 5.73. The van der Waals surface area contributed by atoms with E-state index in [0.717, 1.165) is 0 Å². The van der Waals surface area contributed by atoms with Gasteiger partial charge in [0, 0.05) is 7.11 Å². The lowest BCUT2D eigenvalue weighted by Crippen LogP contribution is -2.35. The van der Waals surface area contributed by atoms with Crippen molar-refractivity contribution in [3.8, 4) is 0 Å². The highest BCUT2D eigenvalue weighted by Gasteiger charge is 2.57. The Labute approximate surface area is 87.1 Å². The van der Waals surface area contributed by atoms with Gasteiger partial charge in [0.1, 0.15) is 12.2 Å². The molecule has 2 fully saturated rings. The van der Waals surface area contributed by atoms with E-state index in [4.69, 9.17) is 24.1 Å². The molecule has 0 amide bonds. The minimum atomic E-state index is -1.06. The van der Waals surface area contributed by atoms with Crippen LogP contribution in [0.25, 0.3) is 0 Å². The molecule has 1 N–H and O–H groups in total. The molecule has 0 aliphatic carbocycles. The van der Waals surface area contributed by atoms with Crippen molar-refractivity contribution in [1.82, 2.24) is 0 Å². The van der Waals surface area contributed by atoms with Gasteiger partial charge in [-0.1, -0.05) is 0 Å². The Morgan fingerprint density at radius 2 is 1.93 bits per heavy atom. The summed E-state index contributed by atoms with van der Waals surface area (Å²) in [5.74, 6) is -1.85. The summed E-state index contributed by atoms with van der Waals surface area (Å²) < 4.78 is 21.2. The Hall–Kier alpha value is -0.690. The van der Waals surface area contributed by atoms with E-state index < -0.39 is 36.4 Å². The van der Waals surface area contributed by atoms with Crippen LogP contribution in [0, 0.1) is 0 Å². The van der Waals surface area contributed by atoms with Gasteiger partial charge in [0.15, 0.2) is 18.2 Å². The largest absolute Gasteiger partial charge is 0.479 e. The molecule has 2 heterocycles. The standard InChI is InChI=1S/C9H14O6/c1-9(2)14-4-5(7(10)11)13-8(12-3)6(4)15-9/h4-6,8H,1-3H3,(H,10,11)/t4-,5?,6-,8-/m1/s1. The molecule has 4 atom stereocenters. The topological polar surface area (TPSA) is 74.2 Å². The third-order valence-electron chi connectivity index (χ3n) is 2.49. The maximum atomic E-state index is 10.9. The van der Waals surface area contributed by atoms with Gasteiger partial charge in [-0.25, -0.2) is 4.79 Å². The van der Waals surface area contributed by atoms with Crippen molar-refractivity contribution in [1.29, 1.82) is 0 Å². The number of carboxylic acids is 1. The van der Waals surface area contributed by atoms with E-state index in [0.29, 0.717) is 0 Å². The van der Waals surface area contributed by atoms with Crippen LogP contribution in [0.1, 0.15) is 13.8 Å². The summed E-state index contributed by atoms with van der Waals surface area (Å²) in [5, 5.41) is 8.93. The van der Waals surface area contributed by atoms with Gasteiger partial charge in [0.05, 0.1) is 0 Å². The van der Waals surface area contributed by atoms with Crippen LogP contribution in [-0.4, -0.2) is 48.6 Å². The number of aliphatic carboxylic acids is 1. The van der Waals surface area contributed by atoms with Crippen molar-refractivity contribution >= 4 is 5.97 Å². The summed E-state index contributed by atoms with van der Waals surface area (Å²) in [7, 11) is 1.45. The zero-order valence-corrected chi connectivity index (χ0v) is 8.80. The number of rotatable bonds is 2. The van der Waals surface area contributed by atoms with E-state index in [2.05, 4.69) is 0 Å². The molecular formula is C9H14O6. The number of hydrogen-bond donors (Lipinski definition) is 1. The zero-order valence-electron chi connectivity index (χ0n) is 8.80. The molecule has 0 aromatic carbocycles. The number of methoxy groups -OCH3 is 1. The Kier molecular flexibility index (Phi) is 2.46. The van der Waals surface area contributed by atoms with Crippen LogP contribution in [-0.2, 0) is 23.7 Å². The van der Waals surface area contributed by atoms with Crippen LogP contribution in [0.4, 0.5) is 0 Å². The predicted octanol–water partition coefficient (Wildman–Crippen LogP) is -0.0376. The van der Waals surface area contributed by atoms with Crippen LogP contribution in [0.3, 0.4) is 0 Å². The quantitative estimate of drug-likeness (QED) is 0.701. The van der Waals surface area contributed by atoms with Crippen LogP contribution >= 0.6 is 0 Å². The average Bonchev–Trinajstić information content (AvgIpc) is 2.57. The first-order valence-corrected chi connectivity index (χ1v) is 4.71. The number of fused-ring (bicyclic) bond motifs is 1. The van der Waals surface area contributed by atoms with Crippen molar-refractivity contribution in [2.45, 2.75) is 44.2 Å². The Morgan fingerprint density at radius 1 is 1.33 bits per heavy atom. The van der Waals surface area contributed by atoms with Gasteiger partial charge in [-0.15, -0.1) is 0 Å². The van der Waals surface area contributed by atoms with E-state index in [1.807, 2.05) is 0 Å². The van der Waals surface area contributed by atoms with Crippen LogP contribution in [0.15, 0.2) is 0 Å². The summed E-state index contributed by atoms with van der Waals surface area (Å²) in [4.78, 5) is 10.9. The van der Waals surface area contributed by atoms with Gasteiger partial charge in [-0.05, 0) is 13.8 Å². The third-order valence-corrected chi connectivity index (χ3v) is 2.49. The lowest BCUT2D eigenvalue weighted by Gasteiger charge is -2.22. The first-order valence-electron chi connectivity index (χ1n) is 4.71. The molecule has 6 heteroatoms. The molecule has 6 nitrogen and oxygen atoms in total. The molecule has 0 radical (unpaired) electrons. The van der Waals surface area contributed by atoms with Crippen molar-refractivity contribution in [2.75, 3.05) is 7.11 Å². The fraction of sp³-hybridized carbons (Fsp3) is 0.889. The lowest BCUT2D eigenvalue weighted by molar-refractivity contribution is -0.229. The smallest absolute Gasteiger partial charge is 0.335 e. The molecule has 0 spiro atoms. The second kappa shape index (κ2) is 3.41. The van der Waals surface area contributed by atoms with Crippen molar-refractivity contribution in [3.05, 3.63) is 0 Å². The normalized spacial score (nSPS) is 42.9. The third kappa shape index (κ3) is 1.74. The first kappa shape index (κ1) is 10.8. The first-order chi connectivity index (χ1) is 6.94. The summed E-state index contributed by atoms with van der Waals surface area (Å²) in [6.45, 7) is 3.47. The zero-order chi connectivity index (χ0) is 11.2. The summed E-state index contributed by atoms with van der Waals surface area (Å²) >= 11 is 0. The van der Waals surface area contributed by atoms with Gasteiger partial charge in [0.25, 0.3) is 0 Å². The summed E-state index contributed by atoms with van der Waals surface area (Å²) in [6, 6.07) is 0. The van der Waals surface area contributed by atoms with E-state index in [1.165, 1.54) is 7.11 Å². The number of carboxylic acid groups (broad SMARTS) is 1. The van der Waals surface area contributed by atoms with Gasteiger partial charge in [0.2, 0.25) is 0 Å². The highest BCUT2D eigenvalue weighted by atomic mass is 16.8. The average molecular weight is 218 g/mol. The molecule has 0 saturated carbocycles. The molecule has 2 rings (SSSR count). The Morgan fingerprint density at radius 3 is 2.47 bits per heavy atom. The molecule has 1 unspecified atom stereocenters. The van der Waals surface area contributed by atoms with Crippen LogP contribution in [0.2, 0.25) is 0 Å². The molecule has 0 bridgehead atoms. The molecule has 0 aromatic heterocycles. The van der Waals surface area contributed by atoms with Crippen molar-refractivity contribution in [2.24, 2.45) is 0 Å². The number of ether oxygens (including phenoxy) is 4. The SMILES string of the molecule is CO[C@@H]1OC(C(=O)O)[C@H]2OC(C)(C)O[C@@H]12. The van der Waals surface area contributed by atoms with Crippen LogP contribution in [0.5, 0.6) is 0 Å². The molecule has 2 saturated heterocycles. The van der Waals surface area contributed by atoms with Crippen LogP contribution < -0.4 is 0 Å². The molecule has 86 valence electrons. The number of hydrogen-bond acceptors (Lipinski definition) is 5. The van der Waals surface area contributed by atoms with Gasteiger partial charge < -0.3 is 24.1 Å². The molecule has 2 aliphatic rings. The minimum Gasteiger partial charge on any atom is -0.479 e. The molecular weight excluding hydrogens is 204 g/mol. The fourth-order valence-corrected chi connectivity index (χ4v) is 1.95. The molecule has 15 heavy (non-hydrogen) atoms. The van der Waals surface area contributed by atoms with Gasteiger partial charge >= 0.3 is 5.97 Å². The Balaban J connectivity index is 2.19. The highest BCUT2D eigenvalue weighted by Crippen LogP contribution is 2.38. The van der Waals surface area contributed by atoms with Crippen molar-refractivity contribution in [3.63, 3.8) is 0 Å². The molecule has 0 aromatic rings. The summed E-state index contributed by atoms with van der Waals surface area (Å²) in [6.07, 6.45) is -2.80. The van der Waals surface area contributed by atoms with E-state index >= 15 is 0 Å². The number of carbonyl (C=O) groups is 1. The predicted molar refractivity (Wildman–Crippen MR) is 47.1 cm³/mol. The maximum absolute atomic E-state index is 10.9. The maximum Gasteiger partial charge on any atom is 0.335 e. The lowest BCUT2D eigenvalue weighted by atomic mass is 10.1. The minimum absolute atomic E-state index is 0.480. The van der Waals surface area contributed by atoms with Gasteiger partial charge in [-0.3, -0.25) is 0 Å². The van der Waals surface area contributed by atoms with Crippen molar-refractivity contribution < 1.29 is 28.8 Å². The second-order valence-corrected chi connectivity index (χ2v) is 4.06. The fourth-order valence-electron chi connectivity index (χ4n) is 1.95. The second-order valence-electron chi connectivity index (χ2n) is 4.06. The monoisotopic (exact) mass is 218 g/mol. The van der Waals surface area contributed by atoms with E-state index in [-0.39, 0.29) is 0 Å². The van der Waals surface area contributed by atoms with E-state index in [9.17, 15) is 4.79 Å². The van der Waals surface area contributed by atoms with E-state index in [1.54, 1.807) is 13.8 Å². The molecule has 2 aliphatic heterocycles. The Bertz CT molecular complexity index is 276. The summed E-state index contributed by atoms with van der Waals surface area (Å²) in [5.41, 5.74) is 0. The van der Waals surface area contributed by atoms with Gasteiger partial charge in [-0.2, -0.15) is 0 Å².